The molecule has 1 fully saturated rings. The van der Waals surface area contributed by atoms with Crippen molar-refractivity contribution in [3.8, 4) is 0 Å². The molecule has 4 rings (SSSR count). The Morgan fingerprint density at radius 3 is 2.41 bits per heavy atom. The first-order valence-corrected chi connectivity index (χ1v) is 11.9. The van der Waals surface area contributed by atoms with E-state index in [0.29, 0.717) is 19.3 Å². The van der Waals surface area contributed by atoms with Crippen LogP contribution in [0.1, 0.15) is 62.5 Å². The molecule has 1 aliphatic rings. The van der Waals surface area contributed by atoms with E-state index in [-0.39, 0.29) is 23.4 Å². The summed E-state index contributed by atoms with van der Waals surface area (Å²) >= 11 is 0. The first-order chi connectivity index (χ1) is 18.0. The lowest BCUT2D eigenvalue weighted by Gasteiger charge is -2.32. The van der Waals surface area contributed by atoms with Crippen LogP contribution in [0, 0.1) is 0 Å². The molecule has 0 spiro atoms. The van der Waals surface area contributed by atoms with E-state index in [1.807, 2.05) is 0 Å². The third kappa shape index (κ3) is 6.25. The predicted molar refractivity (Wildman–Crippen MR) is 125 cm³/mol. The van der Waals surface area contributed by atoms with Crippen LogP contribution >= 0.6 is 0 Å². The Kier molecular flexibility index (Phi) is 7.25. The van der Waals surface area contributed by atoms with Crippen molar-refractivity contribution in [2.75, 3.05) is 10.6 Å². The molecule has 0 bridgehead atoms. The number of fused-ring (bicyclic) bond motifs is 1. The molecule has 1 saturated carbocycles. The van der Waals surface area contributed by atoms with Gasteiger partial charge in [-0.3, -0.25) is 9.48 Å². The van der Waals surface area contributed by atoms with Crippen molar-refractivity contribution in [2.45, 2.75) is 76.5 Å². The molecule has 2 N–H and O–H groups in total. The summed E-state index contributed by atoms with van der Waals surface area (Å²) in [5, 5.41) is 12.8. The number of ether oxygens (including phenoxy) is 1. The highest BCUT2D eigenvalue weighted by atomic mass is 19.4. The van der Waals surface area contributed by atoms with Crippen LogP contribution in [0.2, 0.25) is 0 Å². The molecule has 0 aliphatic heterocycles. The summed E-state index contributed by atoms with van der Waals surface area (Å²) in [6.07, 6.45) is -5.55. The van der Waals surface area contributed by atoms with Crippen LogP contribution in [0.5, 0.6) is 0 Å². The molecule has 0 radical (unpaired) electrons. The molecule has 2 atom stereocenters. The quantitative estimate of drug-likeness (QED) is 0.340. The minimum Gasteiger partial charge on any atom is -0.454 e. The third-order valence-corrected chi connectivity index (χ3v) is 6.06. The van der Waals surface area contributed by atoms with Gasteiger partial charge in [-0.25, -0.2) is 14.3 Å². The summed E-state index contributed by atoms with van der Waals surface area (Å²) in [4.78, 5) is 28.7. The van der Waals surface area contributed by atoms with Crippen molar-refractivity contribution in [3.63, 3.8) is 0 Å². The highest BCUT2D eigenvalue weighted by molar-refractivity contribution is 6.08. The van der Waals surface area contributed by atoms with E-state index in [4.69, 9.17) is 0 Å². The van der Waals surface area contributed by atoms with Gasteiger partial charge in [-0.05, 0) is 46.1 Å². The highest BCUT2D eigenvalue weighted by Crippen LogP contribution is 2.35. The van der Waals surface area contributed by atoms with Crippen LogP contribution in [-0.2, 0) is 21.2 Å². The smallest absolute Gasteiger partial charge is 0.454 e. The maximum absolute atomic E-state index is 13.6. The SMILES string of the molecule is CC(C)(C)n1cc(NC(=O)c2cnn3ccc(N[C@@H]4CCCC[C@@H]4OC(=O)C(F)(F)F)nc23)c(C(F)(F)F)n1. The van der Waals surface area contributed by atoms with Crippen molar-refractivity contribution in [2.24, 2.45) is 0 Å². The second kappa shape index (κ2) is 10.0. The van der Waals surface area contributed by atoms with E-state index < -0.39 is 53.3 Å². The number of hydrogen-bond donors (Lipinski definition) is 2. The Morgan fingerprint density at radius 1 is 1.08 bits per heavy atom. The lowest BCUT2D eigenvalue weighted by atomic mass is 9.92. The number of carbonyl (C=O) groups is 2. The van der Waals surface area contributed by atoms with Gasteiger partial charge in [0.25, 0.3) is 5.91 Å². The van der Waals surface area contributed by atoms with Crippen LogP contribution in [0.4, 0.5) is 37.8 Å². The van der Waals surface area contributed by atoms with Crippen LogP contribution in [0.25, 0.3) is 5.65 Å². The zero-order chi connectivity index (χ0) is 28.8. The molecule has 3 heterocycles. The number of carbonyl (C=O) groups excluding carboxylic acids is 2. The Bertz CT molecular complexity index is 1370. The van der Waals surface area contributed by atoms with Gasteiger partial charge in [-0.15, -0.1) is 0 Å². The van der Waals surface area contributed by atoms with E-state index in [1.54, 1.807) is 20.8 Å². The molecule has 212 valence electrons. The second-order valence-corrected chi connectivity index (χ2v) is 10.1. The fourth-order valence-corrected chi connectivity index (χ4v) is 4.11. The van der Waals surface area contributed by atoms with E-state index in [1.165, 1.54) is 16.8 Å². The van der Waals surface area contributed by atoms with Crippen molar-refractivity contribution in [3.05, 3.63) is 35.9 Å². The molecule has 39 heavy (non-hydrogen) atoms. The van der Waals surface area contributed by atoms with Crippen LogP contribution in [-0.4, -0.2) is 54.6 Å². The van der Waals surface area contributed by atoms with Gasteiger partial charge in [-0.2, -0.15) is 36.5 Å². The number of alkyl halides is 6. The minimum atomic E-state index is -5.13. The molecule has 0 saturated heterocycles. The summed E-state index contributed by atoms with van der Waals surface area (Å²) in [7, 11) is 0. The van der Waals surface area contributed by atoms with Gasteiger partial charge in [0.1, 0.15) is 17.5 Å². The van der Waals surface area contributed by atoms with Gasteiger partial charge >= 0.3 is 18.3 Å². The molecule has 0 unspecified atom stereocenters. The Hall–Kier alpha value is -3.85. The second-order valence-electron chi connectivity index (χ2n) is 10.1. The van der Waals surface area contributed by atoms with Crippen LogP contribution < -0.4 is 10.6 Å². The molecule has 3 aromatic rings. The van der Waals surface area contributed by atoms with Crippen LogP contribution in [0.15, 0.2) is 24.7 Å². The summed E-state index contributed by atoms with van der Waals surface area (Å²) in [6, 6.07) is 0.770. The van der Waals surface area contributed by atoms with Crippen molar-refractivity contribution in [1.82, 2.24) is 24.4 Å². The molecule has 0 aromatic carbocycles. The fraction of sp³-hybridized carbons (Fsp3) is 0.522. The number of rotatable bonds is 5. The van der Waals surface area contributed by atoms with Gasteiger partial charge in [0.15, 0.2) is 11.3 Å². The Balaban J connectivity index is 1.58. The number of nitrogens with one attached hydrogen (secondary N) is 2. The minimum absolute atomic E-state index is 0.0195. The van der Waals surface area contributed by atoms with Crippen molar-refractivity contribution in [1.29, 1.82) is 0 Å². The van der Waals surface area contributed by atoms with Crippen molar-refractivity contribution >= 4 is 29.0 Å². The number of halogens is 6. The molecule has 3 aromatic heterocycles. The normalized spacial score (nSPS) is 18.7. The highest BCUT2D eigenvalue weighted by Gasteiger charge is 2.44. The number of esters is 1. The van der Waals surface area contributed by atoms with E-state index in [9.17, 15) is 35.9 Å². The van der Waals surface area contributed by atoms with E-state index in [0.717, 1.165) is 17.1 Å². The summed E-state index contributed by atoms with van der Waals surface area (Å²) in [6.45, 7) is 4.95. The van der Waals surface area contributed by atoms with Gasteiger partial charge in [0.05, 0.1) is 23.5 Å². The lowest BCUT2D eigenvalue weighted by Crippen LogP contribution is -2.42. The van der Waals surface area contributed by atoms with Crippen LogP contribution in [0.3, 0.4) is 0 Å². The monoisotopic (exact) mass is 561 g/mol. The largest absolute Gasteiger partial charge is 0.490 e. The van der Waals surface area contributed by atoms with Gasteiger partial charge in [0.2, 0.25) is 0 Å². The van der Waals surface area contributed by atoms with Crippen molar-refractivity contribution < 1.29 is 40.7 Å². The molecule has 1 amide bonds. The fourth-order valence-electron chi connectivity index (χ4n) is 4.11. The predicted octanol–water partition coefficient (Wildman–Crippen LogP) is 4.78. The Labute approximate surface area is 217 Å². The van der Waals surface area contributed by atoms with Gasteiger partial charge in [0, 0.05) is 12.4 Å². The molecular weight excluding hydrogens is 536 g/mol. The topological polar surface area (TPSA) is 115 Å². The number of hydrogen-bond acceptors (Lipinski definition) is 7. The summed E-state index contributed by atoms with van der Waals surface area (Å²) in [5.41, 5.74) is -2.78. The average Bonchev–Trinajstić information content (AvgIpc) is 3.44. The maximum Gasteiger partial charge on any atom is 0.490 e. The standard InChI is InChI=1S/C23H25F6N7O3/c1-21(2,3)36-11-14(17(34-36)22(24,25)26)32-19(37)12-10-30-35-9-8-16(33-18(12)35)31-13-6-4-5-7-15(13)39-20(38)23(27,28)29/h8-11,13,15H,4-7H2,1-3H3,(H,31,33)(H,32,37)/t13-,15+/m1/s1. The van der Waals surface area contributed by atoms with Gasteiger partial charge < -0.3 is 15.4 Å². The molecule has 16 heteroatoms. The molecule has 1 aliphatic carbocycles. The number of anilines is 2. The number of aromatic nitrogens is 5. The summed E-state index contributed by atoms with van der Waals surface area (Å²) < 4.78 is 85.8. The Morgan fingerprint density at radius 2 is 1.77 bits per heavy atom. The van der Waals surface area contributed by atoms with Gasteiger partial charge in [-0.1, -0.05) is 6.42 Å². The summed E-state index contributed by atoms with van der Waals surface area (Å²) in [5.74, 6) is -3.07. The average molecular weight is 561 g/mol. The lowest BCUT2D eigenvalue weighted by molar-refractivity contribution is -0.206. The zero-order valence-corrected chi connectivity index (χ0v) is 21.0. The zero-order valence-electron chi connectivity index (χ0n) is 21.0. The molecule has 10 nitrogen and oxygen atoms in total. The van der Waals surface area contributed by atoms with E-state index in [2.05, 4.69) is 30.6 Å². The maximum atomic E-state index is 13.6. The first kappa shape index (κ1) is 28.2. The first-order valence-electron chi connectivity index (χ1n) is 11.9. The number of nitrogens with zero attached hydrogens (tertiary/aromatic N) is 5. The third-order valence-electron chi connectivity index (χ3n) is 6.06. The molecular formula is C23H25F6N7O3. The number of amides is 1. The van der Waals surface area contributed by atoms with E-state index >= 15 is 0 Å².